The standard InChI is InChI=1S/C21H25FN2O3/c1-4-16-5-7-17(8-6-16)20-10-9-18(11-21(20)22)24-13-19(27-15(3)26)12-23-14(2)25/h5-11,19,24H,4,12-13H2,1-3H3,(H,23,25)/t19-/m0/s1. The van der Waals surface area contributed by atoms with Gasteiger partial charge in [-0.25, -0.2) is 4.39 Å². The van der Waals surface area contributed by atoms with Crippen LogP contribution >= 0.6 is 0 Å². The molecule has 2 aromatic carbocycles. The van der Waals surface area contributed by atoms with Gasteiger partial charge >= 0.3 is 5.97 Å². The van der Waals surface area contributed by atoms with E-state index in [1.165, 1.54) is 25.5 Å². The number of anilines is 1. The molecule has 1 amide bonds. The molecule has 2 rings (SSSR count). The fourth-order valence-corrected chi connectivity index (χ4v) is 2.66. The lowest BCUT2D eigenvalue weighted by molar-refractivity contribution is -0.146. The summed E-state index contributed by atoms with van der Waals surface area (Å²) in [6.07, 6.45) is 0.392. The summed E-state index contributed by atoms with van der Waals surface area (Å²) < 4.78 is 19.7. The summed E-state index contributed by atoms with van der Waals surface area (Å²) in [5.74, 6) is -0.990. The van der Waals surface area contributed by atoms with E-state index in [0.29, 0.717) is 11.3 Å². The van der Waals surface area contributed by atoms with Crippen LogP contribution in [0.15, 0.2) is 42.5 Å². The highest BCUT2D eigenvalue weighted by Gasteiger charge is 2.13. The van der Waals surface area contributed by atoms with Crippen LogP contribution in [0.5, 0.6) is 0 Å². The Kier molecular flexibility index (Phi) is 7.34. The van der Waals surface area contributed by atoms with Crippen LogP contribution in [-0.2, 0) is 20.7 Å². The first-order valence-electron chi connectivity index (χ1n) is 8.93. The third kappa shape index (κ3) is 6.40. The van der Waals surface area contributed by atoms with Gasteiger partial charge in [-0.3, -0.25) is 9.59 Å². The average Bonchev–Trinajstić information content (AvgIpc) is 2.64. The van der Waals surface area contributed by atoms with Gasteiger partial charge in [0.1, 0.15) is 11.9 Å². The van der Waals surface area contributed by atoms with Crippen molar-refractivity contribution in [3.63, 3.8) is 0 Å². The Morgan fingerprint density at radius 2 is 1.78 bits per heavy atom. The number of carbonyl (C=O) groups is 2. The zero-order valence-corrected chi connectivity index (χ0v) is 15.8. The molecule has 0 saturated carbocycles. The Bertz CT molecular complexity index is 791. The fourth-order valence-electron chi connectivity index (χ4n) is 2.66. The van der Waals surface area contributed by atoms with E-state index in [1.807, 2.05) is 24.3 Å². The van der Waals surface area contributed by atoms with Gasteiger partial charge in [0.05, 0.1) is 13.1 Å². The molecule has 2 aromatic rings. The minimum absolute atomic E-state index is 0.187. The molecule has 1 atom stereocenters. The molecular formula is C21H25FN2O3. The number of carbonyl (C=O) groups excluding carboxylic acids is 2. The molecule has 0 bridgehead atoms. The van der Waals surface area contributed by atoms with Crippen molar-refractivity contribution in [3.05, 3.63) is 53.8 Å². The van der Waals surface area contributed by atoms with Gasteiger partial charge in [-0.1, -0.05) is 31.2 Å². The zero-order chi connectivity index (χ0) is 19.8. The molecule has 27 heavy (non-hydrogen) atoms. The number of benzene rings is 2. The summed E-state index contributed by atoms with van der Waals surface area (Å²) in [7, 11) is 0. The maximum absolute atomic E-state index is 14.5. The van der Waals surface area contributed by atoms with Crippen LogP contribution in [0.2, 0.25) is 0 Å². The van der Waals surface area contributed by atoms with Gasteiger partial charge in [-0.05, 0) is 35.7 Å². The molecule has 0 aliphatic carbocycles. The van der Waals surface area contributed by atoms with Crippen molar-refractivity contribution in [2.75, 3.05) is 18.4 Å². The number of nitrogens with one attached hydrogen (secondary N) is 2. The highest BCUT2D eigenvalue weighted by molar-refractivity contribution is 5.73. The first-order chi connectivity index (χ1) is 12.9. The Morgan fingerprint density at radius 1 is 1.07 bits per heavy atom. The third-order valence-corrected chi connectivity index (χ3v) is 4.09. The maximum Gasteiger partial charge on any atom is 0.303 e. The number of amides is 1. The maximum atomic E-state index is 14.5. The summed E-state index contributed by atoms with van der Waals surface area (Å²) in [6, 6.07) is 12.7. The van der Waals surface area contributed by atoms with E-state index >= 15 is 0 Å². The molecule has 0 unspecified atom stereocenters. The van der Waals surface area contributed by atoms with Gasteiger partial charge in [-0.2, -0.15) is 0 Å². The number of halogens is 1. The van der Waals surface area contributed by atoms with E-state index in [2.05, 4.69) is 17.6 Å². The minimum atomic E-state index is -0.546. The second-order valence-corrected chi connectivity index (χ2v) is 6.29. The van der Waals surface area contributed by atoms with Crippen LogP contribution in [0.1, 0.15) is 26.3 Å². The average molecular weight is 372 g/mol. The minimum Gasteiger partial charge on any atom is -0.459 e. The quantitative estimate of drug-likeness (QED) is 0.696. The van der Waals surface area contributed by atoms with Crippen LogP contribution in [-0.4, -0.2) is 31.1 Å². The van der Waals surface area contributed by atoms with E-state index in [9.17, 15) is 14.0 Å². The van der Waals surface area contributed by atoms with E-state index in [4.69, 9.17) is 4.74 Å². The molecule has 0 radical (unpaired) electrons. The van der Waals surface area contributed by atoms with Crippen molar-refractivity contribution in [2.24, 2.45) is 0 Å². The number of hydrogen-bond acceptors (Lipinski definition) is 4. The largest absolute Gasteiger partial charge is 0.459 e. The molecule has 144 valence electrons. The van der Waals surface area contributed by atoms with Crippen molar-refractivity contribution < 1.29 is 18.7 Å². The van der Waals surface area contributed by atoms with Crippen LogP contribution in [0.4, 0.5) is 10.1 Å². The Balaban J connectivity index is 2.04. The van der Waals surface area contributed by atoms with Crippen molar-refractivity contribution in [2.45, 2.75) is 33.3 Å². The number of ether oxygens (including phenoxy) is 1. The summed E-state index contributed by atoms with van der Waals surface area (Å²) in [5.41, 5.74) is 3.12. The lowest BCUT2D eigenvalue weighted by atomic mass is 10.0. The van der Waals surface area contributed by atoms with Crippen LogP contribution < -0.4 is 10.6 Å². The van der Waals surface area contributed by atoms with E-state index < -0.39 is 12.1 Å². The van der Waals surface area contributed by atoms with Gasteiger partial charge < -0.3 is 15.4 Å². The van der Waals surface area contributed by atoms with Crippen LogP contribution in [0.3, 0.4) is 0 Å². The Hall–Kier alpha value is -2.89. The molecule has 5 nitrogen and oxygen atoms in total. The van der Waals surface area contributed by atoms with Gasteiger partial charge in [-0.15, -0.1) is 0 Å². The van der Waals surface area contributed by atoms with Crippen LogP contribution in [0.25, 0.3) is 11.1 Å². The SMILES string of the molecule is CCc1ccc(-c2ccc(NC[C@H](CNC(C)=O)OC(C)=O)cc2F)cc1. The van der Waals surface area contributed by atoms with E-state index in [0.717, 1.165) is 12.0 Å². The summed E-state index contributed by atoms with van der Waals surface area (Å²) in [4.78, 5) is 22.2. The van der Waals surface area contributed by atoms with Gasteiger partial charge in [0, 0.05) is 25.1 Å². The highest BCUT2D eigenvalue weighted by atomic mass is 19.1. The molecule has 2 N–H and O–H groups in total. The molecular weight excluding hydrogens is 347 g/mol. The number of hydrogen-bond donors (Lipinski definition) is 2. The summed E-state index contributed by atoms with van der Waals surface area (Å²) in [5, 5.41) is 5.65. The molecule has 0 heterocycles. The Morgan fingerprint density at radius 3 is 2.33 bits per heavy atom. The molecule has 6 heteroatoms. The topological polar surface area (TPSA) is 67.4 Å². The first-order valence-corrected chi connectivity index (χ1v) is 8.93. The number of rotatable bonds is 8. The molecule has 0 fully saturated rings. The Labute approximate surface area is 158 Å². The number of aryl methyl sites for hydroxylation is 1. The molecule has 0 aromatic heterocycles. The van der Waals surface area contributed by atoms with Crippen LogP contribution in [0, 0.1) is 5.82 Å². The predicted molar refractivity (Wildman–Crippen MR) is 104 cm³/mol. The van der Waals surface area contributed by atoms with E-state index in [1.54, 1.807) is 12.1 Å². The van der Waals surface area contributed by atoms with Crippen molar-refractivity contribution in [3.8, 4) is 11.1 Å². The highest BCUT2D eigenvalue weighted by Crippen LogP contribution is 2.25. The first kappa shape index (κ1) is 20.4. The third-order valence-electron chi connectivity index (χ3n) is 4.09. The molecule has 0 spiro atoms. The predicted octanol–water partition coefficient (Wildman–Crippen LogP) is 3.53. The van der Waals surface area contributed by atoms with Crippen molar-refractivity contribution in [1.82, 2.24) is 5.32 Å². The fraction of sp³-hybridized carbons (Fsp3) is 0.333. The molecule has 0 aliphatic rings. The zero-order valence-electron chi connectivity index (χ0n) is 15.8. The van der Waals surface area contributed by atoms with Crippen molar-refractivity contribution >= 4 is 17.6 Å². The number of esters is 1. The second kappa shape index (κ2) is 9.71. The lowest BCUT2D eigenvalue weighted by Crippen LogP contribution is -2.37. The van der Waals surface area contributed by atoms with Crippen molar-refractivity contribution in [1.29, 1.82) is 0 Å². The van der Waals surface area contributed by atoms with E-state index in [-0.39, 0.29) is 24.8 Å². The monoisotopic (exact) mass is 372 g/mol. The summed E-state index contributed by atoms with van der Waals surface area (Å²) >= 11 is 0. The van der Waals surface area contributed by atoms with Gasteiger partial charge in [0.25, 0.3) is 0 Å². The molecule has 0 aliphatic heterocycles. The molecule has 0 saturated heterocycles. The lowest BCUT2D eigenvalue weighted by Gasteiger charge is -2.19. The normalized spacial score (nSPS) is 11.6. The van der Waals surface area contributed by atoms with Gasteiger partial charge in [0.15, 0.2) is 0 Å². The van der Waals surface area contributed by atoms with Gasteiger partial charge in [0.2, 0.25) is 5.91 Å². The summed E-state index contributed by atoms with van der Waals surface area (Å²) in [6.45, 7) is 5.21. The smallest absolute Gasteiger partial charge is 0.303 e. The second-order valence-electron chi connectivity index (χ2n) is 6.29.